The fraction of sp³-hybridized carbons (Fsp3) is 0.233. The van der Waals surface area contributed by atoms with E-state index in [1.165, 1.54) is 55.8 Å². The summed E-state index contributed by atoms with van der Waals surface area (Å²) in [6.45, 7) is 9.39. The normalized spacial score (nSPS) is 19.5. The molecule has 1 heteroatoms. The van der Waals surface area contributed by atoms with E-state index in [0.29, 0.717) is 0 Å². The van der Waals surface area contributed by atoms with Crippen molar-refractivity contribution in [3.8, 4) is 22.4 Å². The molecule has 0 saturated heterocycles. The van der Waals surface area contributed by atoms with E-state index in [0.717, 1.165) is 0 Å². The fourth-order valence-electron chi connectivity index (χ4n) is 6.59. The third-order valence-electron chi connectivity index (χ3n) is 7.89. The minimum atomic E-state index is -0.229. The van der Waals surface area contributed by atoms with Crippen LogP contribution in [0.4, 0.5) is 0 Å². The van der Waals surface area contributed by atoms with Crippen LogP contribution in [0.3, 0.4) is 0 Å². The van der Waals surface area contributed by atoms with Crippen molar-refractivity contribution in [3.05, 3.63) is 112 Å². The average Bonchev–Trinajstić information content (AvgIpc) is 3.05. The Balaban J connectivity index is 1.92. The van der Waals surface area contributed by atoms with Gasteiger partial charge in [0, 0.05) is 17.0 Å². The highest BCUT2D eigenvalue weighted by Crippen LogP contribution is 2.66. The van der Waals surface area contributed by atoms with Gasteiger partial charge in [0.1, 0.15) is 7.05 Å². The van der Waals surface area contributed by atoms with Gasteiger partial charge in [-0.05, 0) is 53.3 Å². The maximum atomic E-state index is 2.45. The molecule has 1 nitrogen and oxygen atoms in total. The molecule has 1 atom stereocenters. The highest BCUT2D eigenvalue weighted by atomic mass is 14.9. The van der Waals surface area contributed by atoms with Crippen LogP contribution in [0.15, 0.2) is 79.0 Å². The zero-order valence-electron chi connectivity index (χ0n) is 19.0. The number of aromatic nitrogens is 1. The molecule has 0 spiro atoms. The molecule has 0 N–H and O–H groups in total. The highest BCUT2D eigenvalue weighted by molar-refractivity contribution is 5.94. The van der Waals surface area contributed by atoms with E-state index in [2.05, 4.69) is 118 Å². The molecule has 0 bridgehead atoms. The Morgan fingerprint density at radius 3 is 2.26 bits per heavy atom. The molecule has 0 amide bonds. The smallest absolute Gasteiger partial charge is 0.201 e. The van der Waals surface area contributed by atoms with Crippen molar-refractivity contribution in [1.82, 2.24) is 0 Å². The lowest BCUT2D eigenvalue weighted by Crippen LogP contribution is -2.51. The van der Waals surface area contributed by atoms with Gasteiger partial charge in [-0.1, -0.05) is 80.1 Å². The third-order valence-corrected chi connectivity index (χ3v) is 7.89. The molecule has 3 aromatic carbocycles. The standard InChI is InChI=1S/C30H28N/c1-19-13-15-22-23-16-14-20(2)26-27(23)30(25(22)18-19,21-10-7-6-8-11-21)29(3,4)24-12-9-17-31(5)28(24)26/h6-18H,1-5H3/q+1. The highest BCUT2D eigenvalue weighted by Gasteiger charge is 2.60. The first-order valence-electron chi connectivity index (χ1n) is 11.2. The lowest BCUT2D eigenvalue weighted by molar-refractivity contribution is -0.661. The number of aryl methyl sites for hydroxylation is 3. The van der Waals surface area contributed by atoms with Crippen molar-refractivity contribution < 1.29 is 4.57 Å². The van der Waals surface area contributed by atoms with Crippen LogP contribution in [0.25, 0.3) is 22.4 Å². The Labute approximate surface area is 185 Å². The second kappa shape index (κ2) is 5.95. The van der Waals surface area contributed by atoms with Gasteiger partial charge in [-0.3, -0.25) is 0 Å². The van der Waals surface area contributed by atoms with E-state index in [-0.39, 0.29) is 10.8 Å². The lowest BCUT2D eigenvalue weighted by Gasteiger charge is -2.50. The predicted octanol–water partition coefficient (Wildman–Crippen LogP) is 6.40. The maximum absolute atomic E-state index is 2.45. The summed E-state index contributed by atoms with van der Waals surface area (Å²) in [6.07, 6.45) is 2.19. The first-order valence-corrected chi connectivity index (χ1v) is 11.2. The molecular weight excluding hydrogens is 374 g/mol. The Kier molecular flexibility index (Phi) is 3.56. The summed E-state index contributed by atoms with van der Waals surface area (Å²) in [4.78, 5) is 0. The van der Waals surface area contributed by atoms with Crippen LogP contribution in [0.5, 0.6) is 0 Å². The second-order valence-electron chi connectivity index (χ2n) is 9.85. The number of nitrogens with zero attached hydrogens (tertiary/aromatic N) is 1. The molecule has 152 valence electrons. The van der Waals surface area contributed by atoms with Crippen LogP contribution < -0.4 is 4.57 Å². The molecule has 2 aliphatic carbocycles. The minimum Gasteiger partial charge on any atom is -0.201 e. The van der Waals surface area contributed by atoms with Crippen LogP contribution in [-0.4, -0.2) is 0 Å². The zero-order valence-corrected chi connectivity index (χ0v) is 19.0. The molecule has 31 heavy (non-hydrogen) atoms. The molecule has 0 aliphatic heterocycles. The summed E-state index contributed by atoms with van der Waals surface area (Å²) in [7, 11) is 2.19. The zero-order chi connectivity index (χ0) is 21.5. The van der Waals surface area contributed by atoms with E-state index in [4.69, 9.17) is 0 Å². The predicted molar refractivity (Wildman–Crippen MR) is 127 cm³/mol. The van der Waals surface area contributed by atoms with Crippen LogP contribution >= 0.6 is 0 Å². The molecule has 1 aromatic heterocycles. The molecular formula is C30H28N+. The maximum Gasteiger partial charge on any atom is 0.216 e. The van der Waals surface area contributed by atoms with Crippen molar-refractivity contribution >= 4 is 0 Å². The summed E-state index contributed by atoms with van der Waals surface area (Å²) in [5.41, 5.74) is 13.6. The summed E-state index contributed by atoms with van der Waals surface area (Å²) in [5.74, 6) is 0. The molecule has 4 aromatic rings. The molecule has 0 radical (unpaired) electrons. The van der Waals surface area contributed by atoms with Gasteiger partial charge in [0.05, 0.1) is 11.0 Å². The van der Waals surface area contributed by atoms with Gasteiger partial charge in [0.15, 0.2) is 6.20 Å². The first kappa shape index (κ1) is 18.6. The van der Waals surface area contributed by atoms with Gasteiger partial charge in [-0.25, -0.2) is 4.57 Å². The van der Waals surface area contributed by atoms with Gasteiger partial charge in [0.25, 0.3) is 0 Å². The number of pyridine rings is 1. The van der Waals surface area contributed by atoms with E-state index >= 15 is 0 Å². The van der Waals surface area contributed by atoms with E-state index < -0.39 is 0 Å². The van der Waals surface area contributed by atoms with Crippen LogP contribution in [0.2, 0.25) is 0 Å². The SMILES string of the molecule is Cc1ccc2c(c1)C1(c3ccccc3)c3c-2ccc(C)c3-c2c(ccc[n+]2C)C1(C)C. The molecule has 0 fully saturated rings. The Bertz CT molecular complexity index is 1380. The summed E-state index contributed by atoms with van der Waals surface area (Å²) >= 11 is 0. The summed E-state index contributed by atoms with van der Waals surface area (Å²) < 4.78 is 2.32. The van der Waals surface area contributed by atoms with Crippen molar-refractivity contribution in [3.63, 3.8) is 0 Å². The van der Waals surface area contributed by atoms with Gasteiger partial charge in [-0.15, -0.1) is 0 Å². The molecule has 0 saturated carbocycles. The summed E-state index contributed by atoms with van der Waals surface area (Å²) in [5, 5.41) is 0. The molecule has 6 rings (SSSR count). The van der Waals surface area contributed by atoms with Crippen LogP contribution in [0, 0.1) is 13.8 Å². The molecule has 1 unspecified atom stereocenters. The second-order valence-corrected chi connectivity index (χ2v) is 9.85. The van der Waals surface area contributed by atoms with E-state index in [1.807, 2.05) is 0 Å². The number of hydrogen-bond donors (Lipinski definition) is 0. The van der Waals surface area contributed by atoms with Crippen molar-refractivity contribution in [2.75, 3.05) is 0 Å². The monoisotopic (exact) mass is 402 g/mol. The van der Waals surface area contributed by atoms with Gasteiger partial charge in [-0.2, -0.15) is 0 Å². The molecule has 2 aliphatic rings. The first-order chi connectivity index (χ1) is 14.9. The minimum absolute atomic E-state index is 0.128. The number of hydrogen-bond acceptors (Lipinski definition) is 0. The Hall–Kier alpha value is -3.19. The van der Waals surface area contributed by atoms with Crippen molar-refractivity contribution in [1.29, 1.82) is 0 Å². The van der Waals surface area contributed by atoms with Crippen LogP contribution in [0.1, 0.15) is 47.2 Å². The Morgan fingerprint density at radius 2 is 1.48 bits per heavy atom. The largest absolute Gasteiger partial charge is 0.216 e. The molecule has 1 heterocycles. The quantitative estimate of drug-likeness (QED) is 0.324. The fourth-order valence-corrected chi connectivity index (χ4v) is 6.59. The topological polar surface area (TPSA) is 3.88 Å². The van der Waals surface area contributed by atoms with Crippen molar-refractivity contribution in [2.24, 2.45) is 7.05 Å². The number of fused-ring (bicyclic) bond motifs is 5. The average molecular weight is 403 g/mol. The van der Waals surface area contributed by atoms with E-state index in [9.17, 15) is 0 Å². The van der Waals surface area contributed by atoms with E-state index in [1.54, 1.807) is 0 Å². The third kappa shape index (κ3) is 2.05. The lowest BCUT2D eigenvalue weighted by atomic mass is 9.50. The Morgan fingerprint density at radius 1 is 0.742 bits per heavy atom. The van der Waals surface area contributed by atoms with Gasteiger partial charge < -0.3 is 0 Å². The summed E-state index contributed by atoms with van der Waals surface area (Å²) in [6, 6.07) is 27.5. The van der Waals surface area contributed by atoms with Gasteiger partial charge >= 0.3 is 0 Å². The van der Waals surface area contributed by atoms with Crippen molar-refractivity contribution in [2.45, 2.75) is 38.5 Å². The number of benzene rings is 3. The van der Waals surface area contributed by atoms with Crippen LogP contribution in [-0.2, 0) is 17.9 Å². The van der Waals surface area contributed by atoms with Gasteiger partial charge in [0.2, 0.25) is 5.69 Å². The number of rotatable bonds is 1.